The maximum Gasteiger partial charge on any atom is 0.234 e. The molecule has 0 fully saturated rings. The minimum Gasteiger partial charge on any atom is -0.351 e. The second kappa shape index (κ2) is 8.04. The summed E-state index contributed by atoms with van der Waals surface area (Å²) >= 11 is 5.79. The quantitative estimate of drug-likeness (QED) is 0.845. The van der Waals surface area contributed by atoms with E-state index in [1.54, 1.807) is 19.1 Å². The van der Waals surface area contributed by atoms with E-state index in [2.05, 4.69) is 10.6 Å². The van der Waals surface area contributed by atoms with Gasteiger partial charge in [0.2, 0.25) is 5.91 Å². The molecule has 0 spiro atoms. The molecule has 2 N–H and O–H groups in total. The number of carbonyl (C=O) groups is 1. The molecular weight excluding hydrogens is 322 g/mol. The van der Waals surface area contributed by atoms with Crippen molar-refractivity contribution in [1.29, 1.82) is 0 Å². The molecule has 0 unspecified atom stereocenters. The van der Waals surface area contributed by atoms with Gasteiger partial charge in [0.05, 0.1) is 6.54 Å². The molecule has 6 heteroatoms. The van der Waals surface area contributed by atoms with Crippen LogP contribution >= 0.6 is 11.6 Å². The Morgan fingerprint density at radius 2 is 1.83 bits per heavy atom. The van der Waals surface area contributed by atoms with Crippen LogP contribution in [0.3, 0.4) is 0 Å². The van der Waals surface area contributed by atoms with Crippen LogP contribution in [-0.4, -0.2) is 12.5 Å². The summed E-state index contributed by atoms with van der Waals surface area (Å²) in [6, 6.07) is 10.6. The third kappa shape index (κ3) is 5.30. The fourth-order valence-corrected chi connectivity index (χ4v) is 2.14. The molecule has 2 rings (SSSR count). The van der Waals surface area contributed by atoms with Crippen LogP contribution in [0.2, 0.25) is 5.02 Å². The molecule has 2 aromatic rings. The van der Waals surface area contributed by atoms with Gasteiger partial charge < -0.3 is 10.6 Å². The standard InChI is InChI=1S/C17H17ClF2N2O/c1-11(13-4-7-15(19)16(20)8-13)21-10-17(23)22-9-12-2-5-14(18)6-3-12/h2-8,11,21H,9-10H2,1H3,(H,22,23)/t11-/m1/s1. The predicted octanol–water partition coefficient (Wildman–Crippen LogP) is 3.59. The van der Waals surface area contributed by atoms with Crippen molar-refractivity contribution in [3.63, 3.8) is 0 Å². The fraction of sp³-hybridized carbons (Fsp3) is 0.235. The lowest BCUT2D eigenvalue weighted by molar-refractivity contribution is -0.120. The number of nitrogens with one attached hydrogen (secondary N) is 2. The van der Waals surface area contributed by atoms with Crippen molar-refractivity contribution in [2.75, 3.05) is 6.54 Å². The summed E-state index contributed by atoms with van der Waals surface area (Å²) < 4.78 is 26.1. The van der Waals surface area contributed by atoms with Crippen molar-refractivity contribution >= 4 is 17.5 Å². The molecule has 0 aromatic heterocycles. The SMILES string of the molecule is C[C@@H](NCC(=O)NCc1ccc(Cl)cc1)c1ccc(F)c(F)c1. The van der Waals surface area contributed by atoms with Gasteiger partial charge in [-0.1, -0.05) is 29.8 Å². The van der Waals surface area contributed by atoms with Gasteiger partial charge in [-0.25, -0.2) is 8.78 Å². The summed E-state index contributed by atoms with van der Waals surface area (Å²) in [5, 5.41) is 6.38. The Morgan fingerprint density at radius 3 is 2.48 bits per heavy atom. The predicted molar refractivity (Wildman–Crippen MR) is 86.1 cm³/mol. The van der Waals surface area contributed by atoms with E-state index >= 15 is 0 Å². The third-order valence-electron chi connectivity index (χ3n) is 3.42. The van der Waals surface area contributed by atoms with Crippen LogP contribution < -0.4 is 10.6 Å². The molecule has 0 aliphatic rings. The fourth-order valence-electron chi connectivity index (χ4n) is 2.01. The van der Waals surface area contributed by atoms with Crippen LogP contribution in [0, 0.1) is 11.6 Å². The number of carbonyl (C=O) groups excluding carboxylic acids is 1. The summed E-state index contributed by atoms with van der Waals surface area (Å²) in [5.41, 5.74) is 1.52. The van der Waals surface area contributed by atoms with E-state index in [-0.39, 0.29) is 18.5 Å². The lowest BCUT2D eigenvalue weighted by atomic mass is 10.1. The third-order valence-corrected chi connectivity index (χ3v) is 3.67. The highest BCUT2D eigenvalue weighted by molar-refractivity contribution is 6.30. The smallest absolute Gasteiger partial charge is 0.234 e. The van der Waals surface area contributed by atoms with Crippen LogP contribution in [0.1, 0.15) is 24.1 Å². The minimum atomic E-state index is -0.900. The molecule has 0 radical (unpaired) electrons. The zero-order valence-corrected chi connectivity index (χ0v) is 13.3. The average Bonchev–Trinajstić information content (AvgIpc) is 2.54. The maximum atomic E-state index is 13.2. The number of rotatable bonds is 6. The molecule has 1 atom stereocenters. The van der Waals surface area contributed by atoms with Gasteiger partial charge in [-0.3, -0.25) is 4.79 Å². The van der Waals surface area contributed by atoms with Crippen molar-refractivity contribution in [2.24, 2.45) is 0 Å². The summed E-state index contributed by atoms with van der Waals surface area (Å²) in [7, 11) is 0. The van der Waals surface area contributed by atoms with Gasteiger partial charge in [0.15, 0.2) is 11.6 Å². The minimum absolute atomic E-state index is 0.0771. The Balaban J connectivity index is 1.79. The zero-order valence-electron chi connectivity index (χ0n) is 12.6. The topological polar surface area (TPSA) is 41.1 Å². The first-order valence-electron chi connectivity index (χ1n) is 7.15. The molecule has 0 saturated heterocycles. The lowest BCUT2D eigenvalue weighted by Gasteiger charge is -2.14. The summed E-state index contributed by atoms with van der Waals surface area (Å²) in [6.07, 6.45) is 0. The Bertz CT molecular complexity index is 677. The van der Waals surface area contributed by atoms with Crippen molar-refractivity contribution in [1.82, 2.24) is 10.6 Å². The van der Waals surface area contributed by atoms with Gasteiger partial charge >= 0.3 is 0 Å². The highest BCUT2D eigenvalue weighted by Crippen LogP contribution is 2.15. The molecule has 122 valence electrons. The molecule has 0 bridgehead atoms. The molecular formula is C17H17ClF2N2O. The van der Waals surface area contributed by atoms with E-state index in [1.807, 2.05) is 12.1 Å². The van der Waals surface area contributed by atoms with Gasteiger partial charge in [-0.2, -0.15) is 0 Å². The Kier molecular flexibility index (Phi) is 6.07. The van der Waals surface area contributed by atoms with E-state index < -0.39 is 11.6 Å². The van der Waals surface area contributed by atoms with Crippen LogP contribution in [0.15, 0.2) is 42.5 Å². The largest absolute Gasteiger partial charge is 0.351 e. The van der Waals surface area contributed by atoms with Gasteiger partial charge in [-0.15, -0.1) is 0 Å². The van der Waals surface area contributed by atoms with Crippen LogP contribution in [0.5, 0.6) is 0 Å². The lowest BCUT2D eigenvalue weighted by Crippen LogP contribution is -2.34. The second-order valence-corrected chi connectivity index (χ2v) is 5.62. The van der Waals surface area contributed by atoms with Gasteiger partial charge in [0.25, 0.3) is 0 Å². The summed E-state index contributed by atoms with van der Waals surface area (Å²) in [5.74, 6) is -1.97. The van der Waals surface area contributed by atoms with Crippen LogP contribution in [-0.2, 0) is 11.3 Å². The average molecular weight is 339 g/mol. The first-order valence-corrected chi connectivity index (χ1v) is 7.53. The molecule has 0 aliphatic carbocycles. The van der Waals surface area contributed by atoms with Crippen molar-refractivity contribution in [2.45, 2.75) is 19.5 Å². The van der Waals surface area contributed by atoms with Crippen molar-refractivity contribution in [3.8, 4) is 0 Å². The highest BCUT2D eigenvalue weighted by atomic mass is 35.5. The molecule has 1 amide bonds. The first-order chi connectivity index (χ1) is 11.0. The van der Waals surface area contributed by atoms with E-state index in [0.29, 0.717) is 17.1 Å². The molecule has 3 nitrogen and oxygen atoms in total. The maximum absolute atomic E-state index is 13.2. The molecule has 2 aromatic carbocycles. The molecule has 0 heterocycles. The van der Waals surface area contributed by atoms with Crippen LogP contribution in [0.4, 0.5) is 8.78 Å². The Labute approximate surface area is 138 Å². The number of amides is 1. The monoisotopic (exact) mass is 338 g/mol. The zero-order chi connectivity index (χ0) is 16.8. The van der Waals surface area contributed by atoms with Gasteiger partial charge in [0, 0.05) is 17.6 Å². The van der Waals surface area contributed by atoms with E-state index in [9.17, 15) is 13.6 Å². The molecule has 0 saturated carbocycles. The molecule has 23 heavy (non-hydrogen) atoms. The first kappa shape index (κ1) is 17.4. The highest BCUT2D eigenvalue weighted by Gasteiger charge is 2.10. The Hall–Kier alpha value is -1.98. The van der Waals surface area contributed by atoms with Crippen molar-refractivity contribution < 1.29 is 13.6 Å². The van der Waals surface area contributed by atoms with Crippen molar-refractivity contribution in [3.05, 3.63) is 70.2 Å². The van der Waals surface area contributed by atoms with Gasteiger partial charge in [0.1, 0.15) is 0 Å². The van der Waals surface area contributed by atoms with E-state index in [1.165, 1.54) is 6.07 Å². The van der Waals surface area contributed by atoms with E-state index in [0.717, 1.165) is 17.7 Å². The number of halogens is 3. The molecule has 0 aliphatic heterocycles. The van der Waals surface area contributed by atoms with Gasteiger partial charge in [-0.05, 0) is 42.3 Å². The van der Waals surface area contributed by atoms with Crippen LogP contribution in [0.25, 0.3) is 0 Å². The number of hydrogen-bond donors (Lipinski definition) is 2. The second-order valence-electron chi connectivity index (χ2n) is 5.18. The normalized spacial score (nSPS) is 12.0. The number of hydrogen-bond acceptors (Lipinski definition) is 2. The summed E-state index contributed by atoms with van der Waals surface area (Å²) in [4.78, 5) is 11.8. The Morgan fingerprint density at radius 1 is 1.13 bits per heavy atom. The summed E-state index contributed by atoms with van der Waals surface area (Å²) in [6.45, 7) is 2.25. The van der Waals surface area contributed by atoms with E-state index in [4.69, 9.17) is 11.6 Å². The number of benzene rings is 2.